The molecule has 3 aliphatic carbocycles. The number of halogens is 7. The maximum absolute atomic E-state index is 11.6. The molecule has 2 aromatic carbocycles. The molecule has 0 bridgehead atoms. The number of carbonyl (C=O) groups is 2. The number of benzene rings is 2. The first-order chi connectivity index (χ1) is 15.5. The maximum atomic E-state index is 11.6. The van der Waals surface area contributed by atoms with Gasteiger partial charge in [-0.05, 0) is 28.7 Å². The molecule has 0 spiro atoms. The van der Waals surface area contributed by atoms with Crippen LogP contribution >= 0.6 is 106 Å². The van der Waals surface area contributed by atoms with Crippen molar-refractivity contribution in [1.29, 1.82) is 0 Å². The predicted molar refractivity (Wildman–Crippen MR) is 155 cm³/mol. The van der Waals surface area contributed by atoms with E-state index in [9.17, 15) is 9.59 Å². The van der Waals surface area contributed by atoms with Crippen molar-refractivity contribution in [2.75, 3.05) is 0 Å². The van der Waals surface area contributed by atoms with Crippen LogP contribution in [-0.2, 0) is 32.1 Å². The predicted octanol–water partition coefficient (Wildman–Crippen LogP) is 7.78. The number of alkyl halides is 4. The van der Waals surface area contributed by atoms with Crippen LogP contribution in [0.15, 0.2) is 48.5 Å². The van der Waals surface area contributed by atoms with E-state index >= 15 is 0 Å². The van der Waals surface area contributed by atoms with E-state index in [1.165, 1.54) is 11.1 Å². The third-order valence-corrected chi connectivity index (χ3v) is 8.01. The molecule has 0 aromatic heterocycles. The van der Waals surface area contributed by atoms with Gasteiger partial charge in [-0.1, -0.05) is 94.9 Å². The van der Waals surface area contributed by atoms with Gasteiger partial charge in [0, 0.05) is 18.3 Å². The monoisotopic (exact) mass is 900 g/mol. The minimum absolute atomic E-state index is 0.0120. The van der Waals surface area contributed by atoms with Crippen LogP contribution < -0.4 is 0 Å². The van der Waals surface area contributed by atoms with Gasteiger partial charge in [-0.15, -0.1) is 0 Å². The summed E-state index contributed by atoms with van der Waals surface area (Å²) < 4.78 is 2.59. The molecule has 4 unspecified atom stereocenters. The molecule has 1 saturated carbocycles. The fraction of sp³-hybridized carbons (Fsp3) is 0.364. The summed E-state index contributed by atoms with van der Waals surface area (Å²) in [5.74, 6) is -0.696. The number of Topliss-reactive ketones (excluding diaryl/α,β-unsaturated/α-hetero) is 1. The third kappa shape index (κ3) is 5.26. The van der Waals surface area contributed by atoms with E-state index in [2.05, 4.69) is 59.9 Å². The van der Waals surface area contributed by atoms with Crippen molar-refractivity contribution >= 4 is 118 Å². The number of ether oxygens (including phenoxy) is 1. The van der Waals surface area contributed by atoms with Crippen molar-refractivity contribution in [3.05, 3.63) is 70.8 Å². The van der Waals surface area contributed by atoms with Crippen molar-refractivity contribution in [1.82, 2.24) is 0 Å². The molecule has 2 fully saturated rings. The average Bonchev–Trinajstić information content (AvgIpc) is 3.36. The van der Waals surface area contributed by atoms with E-state index in [0.29, 0.717) is 6.42 Å². The van der Waals surface area contributed by atoms with Crippen molar-refractivity contribution in [3.8, 4) is 0 Å². The zero-order valence-electron chi connectivity index (χ0n) is 16.7. The number of hydrogen-bond donors (Lipinski definition) is 0. The molecule has 2 aromatic rings. The summed E-state index contributed by atoms with van der Waals surface area (Å²) in [6.07, 6.45) is 1.33. The summed E-state index contributed by atoms with van der Waals surface area (Å²) in [4.78, 5) is 22.7. The van der Waals surface area contributed by atoms with Gasteiger partial charge < -0.3 is 4.74 Å². The Labute approximate surface area is 250 Å². The molecule has 1 saturated heterocycles. The van der Waals surface area contributed by atoms with E-state index in [0.717, 1.165) is 17.5 Å². The van der Waals surface area contributed by atoms with E-state index in [1.807, 2.05) is 48.5 Å². The Bertz CT molecular complexity index is 1100. The van der Waals surface area contributed by atoms with Crippen molar-refractivity contribution < 1.29 is 19.2 Å². The van der Waals surface area contributed by atoms with Crippen LogP contribution in [0, 0.1) is 5.92 Å². The molecular formula is C22H16Cl4I3O3V. The molecule has 4 aliphatic rings. The van der Waals surface area contributed by atoms with Gasteiger partial charge in [0.1, 0.15) is 6.10 Å². The van der Waals surface area contributed by atoms with Crippen LogP contribution in [-0.4, -0.2) is 26.5 Å². The Hall–Kier alpha value is 1.51. The molecule has 33 heavy (non-hydrogen) atoms. The van der Waals surface area contributed by atoms with E-state index < -0.39 is 14.6 Å². The molecule has 11 heteroatoms. The first-order valence-electron chi connectivity index (χ1n) is 9.90. The summed E-state index contributed by atoms with van der Waals surface area (Å²) >= 11 is 31.5. The van der Waals surface area contributed by atoms with Gasteiger partial charge >= 0.3 is 70.8 Å². The quantitative estimate of drug-likeness (QED) is 0.154. The van der Waals surface area contributed by atoms with E-state index in [4.69, 9.17) is 51.1 Å². The van der Waals surface area contributed by atoms with Crippen molar-refractivity contribution in [3.63, 3.8) is 0 Å². The number of hydrogen-bond acceptors (Lipinski definition) is 3. The fourth-order valence-corrected chi connectivity index (χ4v) is 6.46. The Kier molecular flexibility index (Phi) is 8.94. The molecule has 3 nitrogen and oxygen atoms in total. The molecule has 0 amide bonds. The van der Waals surface area contributed by atoms with Crippen LogP contribution in [0.3, 0.4) is 0 Å². The van der Waals surface area contributed by atoms with Crippen LogP contribution in [0.5, 0.6) is 0 Å². The van der Waals surface area contributed by atoms with Gasteiger partial charge in [0.2, 0.25) is 4.33 Å². The van der Waals surface area contributed by atoms with Crippen molar-refractivity contribution in [2.45, 2.75) is 39.4 Å². The second-order valence-electron chi connectivity index (χ2n) is 8.11. The van der Waals surface area contributed by atoms with Gasteiger partial charge in [0.15, 0.2) is 10.1 Å². The first kappa shape index (κ1) is 27.5. The van der Waals surface area contributed by atoms with Gasteiger partial charge in [0.05, 0.1) is 5.92 Å². The average molecular weight is 902 g/mol. The SMILES string of the molecule is O=C1C2Cc3ccccc3C2C1(Cl)Cl.O=C1OC2Cc3ccccc3C2C1(Cl)Cl.[I][V]([I])[I]. The standard InChI is InChI=1S/C11H8Cl2O2.C11H8Cl2O.3HI.V/c12-11(13)9-7-4-2-1-3-6(7)5-8(9)15-10(11)14;12-11(13)9-7-4-2-1-3-6(7)5-8(9)10(11)14;;;;/h1-4,8-9H,5H2;1-4,8-9H,5H2;3*1H;/q;;;;;+3/p-3. The van der Waals surface area contributed by atoms with Crippen LogP contribution in [0.1, 0.15) is 34.1 Å². The van der Waals surface area contributed by atoms with Gasteiger partial charge in [-0.25, -0.2) is 4.79 Å². The van der Waals surface area contributed by atoms with Crippen LogP contribution in [0.4, 0.5) is 0 Å². The molecular weight excluding hydrogens is 886 g/mol. The Balaban J connectivity index is 0.000000136. The molecule has 4 atom stereocenters. The third-order valence-electron chi connectivity index (χ3n) is 6.39. The van der Waals surface area contributed by atoms with Crippen molar-refractivity contribution in [2.24, 2.45) is 5.92 Å². The van der Waals surface area contributed by atoms with Gasteiger partial charge in [-0.3, -0.25) is 4.79 Å². The van der Waals surface area contributed by atoms with Crippen LogP contribution in [0.25, 0.3) is 0 Å². The molecule has 6 rings (SSSR count). The number of esters is 1. The Morgan fingerprint density at radius 3 is 1.85 bits per heavy atom. The first-order valence-corrected chi connectivity index (χ1v) is 24.9. The molecule has 1 aliphatic heterocycles. The zero-order valence-corrected chi connectivity index (χ0v) is 27.6. The van der Waals surface area contributed by atoms with E-state index in [1.54, 1.807) is 0 Å². The minimum atomic E-state index is -1.42. The molecule has 0 N–H and O–H groups in total. The number of rotatable bonds is 0. The second kappa shape index (κ2) is 10.7. The summed E-state index contributed by atoms with van der Waals surface area (Å²) in [6, 6.07) is 15.9. The number of ketones is 1. The normalized spacial score (nSPS) is 28.7. The van der Waals surface area contributed by atoms with E-state index in [-0.39, 0.29) is 34.6 Å². The molecule has 176 valence electrons. The van der Waals surface area contributed by atoms with Gasteiger partial charge in [0.25, 0.3) is 0 Å². The summed E-state index contributed by atoms with van der Waals surface area (Å²) in [7, 11) is 0. The Morgan fingerprint density at radius 2 is 1.27 bits per heavy atom. The summed E-state index contributed by atoms with van der Waals surface area (Å²) in [6.45, 7) is 0. The summed E-state index contributed by atoms with van der Waals surface area (Å²) in [5, 5.41) is 0. The topological polar surface area (TPSA) is 43.4 Å². The Morgan fingerprint density at radius 1 is 0.788 bits per heavy atom. The second-order valence-corrected chi connectivity index (χ2v) is 46.3. The number of carbonyl (C=O) groups excluding carboxylic acids is 2. The number of fused-ring (bicyclic) bond motifs is 6. The summed E-state index contributed by atoms with van der Waals surface area (Å²) in [5.41, 5.74) is 4.59. The zero-order chi connectivity index (χ0) is 24.1. The fourth-order valence-electron chi connectivity index (χ4n) is 5.03. The molecule has 0 radical (unpaired) electrons. The van der Waals surface area contributed by atoms with Gasteiger partial charge in [-0.2, -0.15) is 0 Å². The molecule has 1 heterocycles. The van der Waals surface area contributed by atoms with Crippen LogP contribution in [0.2, 0.25) is 0 Å².